The summed E-state index contributed by atoms with van der Waals surface area (Å²) in [7, 11) is 0. The van der Waals surface area contributed by atoms with E-state index in [1.165, 1.54) is 10.7 Å². The van der Waals surface area contributed by atoms with Gasteiger partial charge >= 0.3 is 0 Å². The van der Waals surface area contributed by atoms with Crippen molar-refractivity contribution in [2.75, 3.05) is 5.43 Å². The molecule has 0 radical (unpaired) electrons. The van der Waals surface area contributed by atoms with E-state index < -0.39 is 0 Å². The van der Waals surface area contributed by atoms with Crippen LogP contribution in [0.25, 0.3) is 0 Å². The summed E-state index contributed by atoms with van der Waals surface area (Å²) < 4.78 is 1.35. The third kappa shape index (κ3) is 2.46. The summed E-state index contributed by atoms with van der Waals surface area (Å²) in [5, 5.41) is 0.685. The van der Waals surface area contributed by atoms with Gasteiger partial charge in [-0.05, 0) is 11.6 Å². The Kier molecular flexibility index (Phi) is 3.31. The second kappa shape index (κ2) is 4.89. The van der Waals surface area contributed by atoms with Gasteiger partial charge in [-0.25, -0.2) is 14.6 Å². The van der Waals surface area contributed by atoms with Crippen LogP contribution < -0.4 is 11.0 Å². The van der Waals surface area contributed by atoms with Gasteiger partial charge in [0, 0.05) is 30.0 Å². The van der Waals surface area contributed by atoms with E-state index in [0.29, 0.717) is 11.3 Å². The van der Waals surface area contributed by atoms with E-state index >= 15 is 0 Å². The number of aromatic nitrogens is 3. The lowest BCUT2D eigenvalue weighted by Crippen LogP contribution is -2.26. The van der Waals surface area contributed by atoms with Crippen LogP contribution in [-0.2, 0) is 5.33 Å². The summed E-state index contributed by atoms with van der Waals surface area (Å²) in [5.41, 5.74) is 3.64. The second-order valence-corrected chi connectivity index (χ2v) is 3.62. The van der Waals surface area contributed by atoms with E-state index in [4.69, 9.17) is 0 Å². The molecule has 16 heavy (non-hydrogen) atoms. The molecule has 0 fully saturated rings. The Labute approximate surface area is 100 Å². The molecular formula is C10H9BrN4O. The van der Waals surface area contributed by atoms with Gasteiger partial charge in [-0.2, -0.15) is 0 Å². The van der Waals surface area contributed by atoms with Gasteiger partial charge < -0.3 is 0 Å². The Morgan fingerprint density at radius 1 is 1.31 bits per heavy atom. The van der Waals surface area contributed by atoms with Crippen molar-refractivity contribution in [3.8, 4) is 0 Å². The molecule has 0 aromatic carbocycles. The molecule has 0 unspecified atom stereocenters. The normalized spacial score (nSPS) is 10.1. The average molecular weight is 281 g/mol. The van der Waals surface area contributed by atoms with Crippen molar-refractivity contribution in [1.82, 2.24) is 14.6 Å². The molecule has 0 aliphatic rings. The van der Waals surface area contributed by atoms with Crippen LogP contribution in [0.2, 0.25) is 0 Å². The molecule has 0 amide bonds. The lowest BCUT2D eigenvalue weighted by molar-refractivity contribution is 0.862. The Hall–Kier alpha value is -1.69. The van der Waals surface area contributed by atoms with Crippen molar-refractivity contribution in [2.24, 2.45) is 0 Å². The molecule has 0 bridgehead atoms. The summed E-state index contributed by atoms with van der Waals surface area (Å²) in [6.07, 6.45) is 4.91. The number of anilines is 1. The minimum absolute atomic E-state index is 0.155. The summed E-state index contributed by atoms with van der Waals surface area (Å²) in [6.45, 7) is 0. The summed E-state index contributed by atoms with van der Waals surface area (Å²) >= 11 is 3.33. The number of alkyl halides is 1. The van der Waals surface area contributed by atoms with Crippen LogP contribution in [0.1, 0.15) is 5.56 Å². The molecule has 82 valence electrons. The molecule has 0 aliphatic carbocycles. The van der Waals surface area contributed by atoms with Crippen molar-refractivity contribution in [1.29, 1.82) is 0 Å². The number of rotatable bonds is 3. The van der Waals surface area contributed by atoms with Gasteiger partial charge in [0.25, 0.3) is 5.56 Å². The minimum Gasteiger partial charge on any atom is -0.268 e. The van der Waals surface area contributed by atoms with Crippen LogP contribution in [0.5, 0.6) is 0 Å². The lowest BCUT2D eigenvalue weighted by atomic mass is 10.3. The fraction of sp³-hybridized carbons (Fsp3) is 0.100. The predicted octanol–water partition coefficient (Wildman–Crippen LogP) is 1.41. The number of nitrogens with one attached hydrogen (secondary N) is 1. The van der Waals surface area contributed by atoms with Crippen LogP contribution in [0.3, 0.4) is 0 Å². The molecule has 0 aliphatic heterocycles. The van der Waals surface area contributed by atoms with Crippen LogP contribution >= 0.6 is 15.9 Å². The number of hydrogen-bond acceptors (Lipinski definition) is 4. The fourth-order valence-corrected chi connectivity index (χ4v) is 1.49. The smallest absolute Gasteiger partial charge is 0.268 e. The minimum atomic E-state index is -0.155. The van der Waals surface area contributed by atoms with Gasteiger partial charge in [0.15, 0.2) is 0 Å². The van der Waals surface area contributed by atoms with Crippen LogP contribution in [0.4, 0.5) is 5.95 Å². The number of pyridine rings is 1. The first-order valence-electron chi connectivity index (χ1n) is 4.61. The summed E-state index contributed by atoms with van der Waals surface area (Å²) in [5.74, 6) is 0.385. The van der Waals surface area contributed by atoms with Gasteiger partial charge in [-0.15, -0.1) is 0 Å². The van der Waals surface area contributed by atoms with Gasteiger partial charge in [0.2, 0.25) is 5.95 Å². The van der Waals surface area contributed by atoms with Crippen LogP contribution in [0.15, 0.2) is 41.6 Å². The maximum absolute atomic E-state index is 11.5. The molecule has 6 heteroatoms. The number of halogens is 1. The summed E-state index contributed by atoms with van der Waals surface area (Å²) in [6, 6.07) is 4.97. The molecule has 2 aromatic heterocycles. The van der Waals surface area contributed by atoms with Gasteiger partial charge in [0.1, 0.15) is 0 Å². The van der Waals surface area contributed by atoms with Crippen molar-refractivity contribution < 1.29 is 0 Å². The first kappa shape index (κ1) is 10.8. The highest BCUT2D eigenvalue weighted by Gasteiger charge is 1.99. The van der Waals surface area contributed by atoms with E-state index in [9.17, 15) is 4.79 Å². The molecule has 2 aromatic rings. The highest BCUT2D eigenvalue weighted by molar-refractivity contribution is 9.08. The van der Waals surface area contributed by atoms with Gasteiger partial charge in [-0.1, -0.05) is 22.0 Å². The van der Waals surface area contributed by atoms with Crippen molar-refractivity contribution >= 4 is 21.9 Å². The number of nitrogens with zero attached hydrogens (tertiary/aromatic N) is 3. The largest absolute Gasteiger partial charge is 0.269 e. The maximum Gasteiger partial charge on any atom is 0.269 e. The zero-order valence-corrected chi connectivity index (χ0v) is 9.89. The van der Waals surface area contributed by atoms with E-state index in [2.05, 4.69) is 31.3 Å². The Balaban J connectivity index is 2.31. The highest BCUT2D eigenvalue weighted by Crippen LogP contribution is 2.02. The third-order valence-corrected chi connectivity index (χ3v) is 2.56. The van der Waals surface area contributed by atoms with E-state index in [-0.39, 0.29) is 5.56 Å². The summed E-state index contributed by atoms with van der Waals surface area (Å²) in [4.78, 5) is 19.5. The van der Waals surface area contributed by atoms with E-state index in [0.717, 1.165) is 5.56 Å². The standard InChI is InChI=1S/C10H9BrN4O/c11-6-8-2-3-9(16)15(7-8)14-10-12-4-1-5-13-10/h1-5,7H,6H2,(H,12,13,14). The molecule has 0 saturated heterocycles. The van der Waals surface area contributed by atoms with E-state index in [1.54, 1.807) is 30.7 Å². The van der Waals surface area contributed by atoms with Gasteiger partial charge in [-0.3, -0.25) is 10.2 Å². The molecule has 0 saturated carbocycles. The van der Waals surface area contributed by atoms with Crippen LogP contribution in [-0.4, -0.2) is 14.6 Å². The zero-order valence-electron chi connectivity index (χ0n) is 8.30. The SMILES string of the molecule is O=c1ccc(CBr)cn1Nc1ncccn1. The monoisotopic (exact) mass is 280 g/mol. The zero-order chi connectivity index (χ0) is 11.4. The van der Waals surface area contributed by atoms with Crippen LogP contribution in [0, 0.1) is 0 Å². The first-order valence-corrected chi connectivity index (χ1v) is 5.73. The van der Waals surface area contributed by atoms with E-state index in [1.807, 2.05) is 0 Å². The fourth-order valence-electron chi connectivity index (χ4n) is 1.16. The predicted molar refractivity (Wildman–Crippen MR) is 64.4 cm³/mol. The van der Waals surface area contributed by atoms with Crippen molar-refractivity contribution in [2.45, 2.75) is 5.33 Å². The molecule has 2 rings (SSSR count). The molecule has 1 N–H and O–H groups in total. The topological polar surface area (TPSA) is 59.8 Å². The van der Waals surface area contributed by atoms with Crippen molar-refractivity contribution in [3.05, 3.63) is 52.7 Å². The molecule has 5 nitrogen and oxygen atoms in total. The van der Waals surface area contributed by atoms with Gasteiger partial charge in [0.05, 0.1) is 0 Å². The number of hydrogen-bond donors (Lipinski definition) is 1. The molecule has 0 atom stereocenters. The maximum atomic E-state index is 11.5. The molecule has 2 heterocycles. The lowest BCUT2D eigenvalue weighted by Gasteiger charge is -2.07. The average Bonchev–Trinajstić information content (AvgIpc) is 2.33. The Bertz CT molecular complexity index is 526. The second-order valence-electron chi connectivity index (χ2n) is 3.06. The highest BCUT2D eigenvalue weighted by atomic mass is 79.9. The third-order valence-electron chi connectivity index (χ3n) is 1.91. The van der Waals surface area contributed by atoms with Crippen molar-refractivity contribution in [3.63, 3.8) is 0 Å². The molecule has 0 spiro atoms. The Morgan fingerprint density at radius 3 is 2.75 bits per heavy atom. The first-order chi connectivity index (χ1) is 7.79. The quantitative estimate of drug-likeness (QED) is 0.864. The molecular weight excluding hydrogens is 272 g/mol. The Morgan fingerprint density at radius 2 is 2.06 bits per heavy atom.